The number of halogens is 1. The van der Waals surface area contributed by atoms with Gasteiger partial charge in [0.15, 0.2) is 6.61 Å². The van der Waals surface area contributed by atoms with Crippen molar-refractivity contribution in [2.45, 2.75) is 13.0 Å². The minimum atomic E-state index is -0.246. The Bertz CT molecular complexity index is 795. The standard InChI is InChI=1S/C18H16ClNO3/c1-12(17-10-13-6-2-4-8-15(13)23-17)20-18(21)11-22-16-9-5-3-7-14(16)19/h2-10,12H,11H2,1H3,(H,20,21)/t12-/m0/s1. The predicted octanol–water partition coefficient (Wildman–Crippen LogP) is 4.34. The molecule has 2 aromatic carbocycles. The molecule has 0 saturated carbocycles. The van der Waals surface area contributed by atoms with E-state index in [-0.39, 0.29) is 18.6 Å². The van der Waals surface area contributed by atoms with Gasteiger partial charge < -0.3 is 14.5 Å². The summed E-state index contributed by atoms with van der Waals surface area (Å²) in [6.45, 7) is 1.76. The van der Waals surface area contributed by atoms with Crippen LogP contribution < -0.4 is 10.1 Å². The summed E-state index contributed by atoms with van der Waals surface area (Å²) in [6.07, 6.45) is 0. The summed E-state index contributed by atoms with van der Waals surface area (Å²) < 4.78 is 11.2. The van der Waals surface area contributed by atoms with E-state index in [2.05, 4.69) is 5.32 Å². The zero-order chi connectivity index (χ0) is 16.2. The van der Waals surface area contributed by atoms with E-state index < -0.39 is 0 Å². The summed E-state index contributed by atoms with van der Waals surface area (Å²) in [4.78, 5) is 12.0. The van der Waals surface area contributed by atoms with Crippen LogP contribution in [0.15, 0.2) is 59.0 Å². The lowest BCUT2D eigenvalue weighted by atomic mass is 10.2. The molecule has 3 aromatic rings. The molecule has 1 heterocycles. The summed E-state index contributed by atoms with van der Waals surface area (Å²) in [6, 6.07) is 16.4. The molecule has 0 unspecified atom stereocenters. The molecule has 1 atom stereocenters. The maximum atomic E-state index is 12.0. The van der Waals surface area contributed by atoms with Crippen LogP contribution in [0.3, 0.4) is 0 Å². The van der Waals surface area contributed by atoms with Crippen LogP contribution in [0.2, 0.25) is 5.02 Å². The number of nitrogens with one attached hydrogen (secondary N) is 1. The molecule has 0 spiro atoms. The highest BCUT2D eigenvalue weighted by Crippen LogP contribution is 2.24. The van der Waals surface area contributed by atoms with Gasteiger partial charge in [0.25, 0.3) is 5.91 Å². The lowest BCUT2D eigenvalue weighted by Crippen LogP contribution is -2.31. The maximum Gasteiger partial charge on any atom is 0.258 e. The molecule has 4 nitrogen and oxygen atoms in total. The smallest absolute Gasteiger partial charge is 0.258 e. The lowest BCUT2D eigenvalue weighted by molar-refractivity contribution is -0.123. The molecular formula is C18H16ClNO3. The van der Waals surface area contributed by atoms with Gasteiger partial charge in [-0.15, -0.1) is 0 Å². The molecule has 1 aromatic heterocycles. The van der Waals surface area contributed by atoms with Crippen LogP contribution >= 0.6 is 11.6 Å². The first-order chi connectivity index (χ1) is 11.1. The molecule has 0 radical (unpaired) electrons. The highest BCUT2D eigenvalue weighted by atomic mass is 35.5. The number of hydrogen-bond acceptors (Lipinski definition) is 3. The minimum Gasteiger partial charge on any atom is -0.482 e. The van der Waals surface area contributed by atoms with Gasteiger partial charge in [-0.3, -0.25) is 4.79 Å². The Morgan fingerprint density at radius 1 is 1.22 bits per heavy atom. The normalized spacial score (nSPS) is 12.1. The molecule has 23 heavy (non-hydrogen) atoms. The lowest BCUT2D eigenvalue weighted by Gasteiger charge is -2.12. The van der Waals surface area contributed by atoms with Crippen molar-refractivity contribution in [2.24, 2.45) is 0 Å². The number of ether oxygens (including phenoxy) is 1. The second-order valence-electron chi connectivity index (χ2n) is 5.19. The largest absolute Gasteiger partial charge is 0.482 e. The first-order valence-corrected chi connectivity index (χ1v) is 7.66. The molecular weight excluding hydrogens is 314 g/mol. The number of furan rings is 1. The number of amides is 1. The van der Waals surface area contributed by atoms with E-state index in [4.69, 9.17) is 20.8 Å². The summed E-state index contributed by atoms with van der Waals surface area (Å²) in [7, 11) is 0. The number of fused-ring (bicyclic) bond motifs is 1. The van der Waals surface area contributed by atoms with Crippen LogP contribution in [0.1, 0.15) is 18.7 Å². The third-order valence-corrected chi connectivity index (χ3v) is 3.76. The number of hydrogen-bond donors (Lipinski definition) is 1. The number of benzene rings is 2. The molecule has 0 bridgehead atoms. The zero-order valence-corrected chi connectivity index (χ0v) is 13.3. The van der Waals surface area contributed by atoms with E-state index in [1.165, 1.54) is 0 Å². The van der Waals surface area contributed by atoms with Gasteiger partial charge in [-0.1, -0.05) is 41.9 Å². The van der Waals surface area contributed by atoms with E-state index in [1.54, 1.807) is 24.3 Å². The number of carbonyl (C=O) groups is 1. The van der Waals surface area contributed by atoms with Crippen LogP contribution in [-0.4, -0.2) is 12.5 Å². The van der Waals surface area contributed by atoms with Crippen molar-refractivity contribution in [3.05, 3.63) is 65.4 Å². The van der Waals surface area contributed by atoms with Crippen LogP contribution in [0.25, 0.3) is 11.0 Å². The monoisotopic (exact) mass is 329 g/mol. The fourth-order valence-corrected chi connectivity index (χ4v) is 2.47. The van der Waals surface area contributed by atoms with Gasteiger partial charge in [-0.2, -0.15) is 0 Å². The molecule has 1 N–H and O–H groups in total. The molecule has 0 aliphatic rings. The number of para-hydroxylation sites is 2. The highest BCUT2D eigenvalue weighted by Gasteiger charge is 2.14. The Labute approximate surface area is 139 Å². The van der Waals surface area contributed by atoms with Crippen LogP contribution in [0, 0.1) is 0 Å². The molecule has 0 aliphatic heterocycles. The van der Waals surface area contributed by atoms with E-state index in [1.807, 2.05) is 37.3 Å². The molecule has 0 aliphatic carbocycles. The van der Waals surface area contributed by atoms with Crippen molar-refractivity contribution in [1.29, 1.82) is 0 Å². The van der Waals surface area contributed by atoms with Gasteiger partial charge in [0, 0.05) is 5.39 Å². The quantitative estimate of drug-likeness (QED) is 0.757. The second-order valence-corrected chi connectivity index (χ2v) is 5.60. The Morgan fingerprint density at radius 3 is 2.74 bits per heavy atom. The van der Waals surface area contributed by atoms with Crippen molar-refractivity contribution in [3.63, 3.8) is 0 Å². The second kappa shape index (κ2) is 6.75. The molecule has 5 heteroatoms. The first-order valence-electron chi connectivity index (χ1n) is 7.28. The van der Waals surface area contributed by atoms with Gasteiger partial charge in [0.2, 0.25) is 0 Å². The Kier molecular flexibility index (Phi) is 4.53. The Balaban J connectivity index is 1.60. The summed E-state index contributed by atoms with van der Waals surface area (Å²) >= 11 is 5.98. The van der Waals surface area contributed by atoms with Crippen LogP contribution in [0.4, 0.5) is 0 Å². The van der Waals surface area contributed by atoms with Gasteiger partial charge in [-0.05, 0) is 31.2 Å². The molecule has 3 rings (SSSR count). The van der Waals surface area contributed by atoms with E-state index in [0.717, 1.165) is 11.0 Å². The highest BCUT2D eigenvalue weighted by molar-refractivity contribution is 6.32. The third kappa shape index (κ3) is 3.66. The van der Waals surface area contributed by atoms with Gasteiger partial charge in [-0.25, -0.2) is 0 Å². The topological polar surface area (TPSA) is 51.5 Å². The predicted molar refractivity (Wildman–Crippen MR) is 89.7 cm³/mol. The van der Waals surface area contributed by atoms with Gasteiger partial charge in [0.05, 0.1) is 11.1 Å². The summed E-state index contributed by atoms with van der Waals surface area (Å²) in [5.74, 6) is 0.955. The molecule has 0 fully saturated rings. The summed E-state index contributed by atoms with van der Waals surface area (Å²) in [5, 5.41) is 4.33. The molecule has 1 amide bonds. The zero-order valence-electron chi connectivity index (χ0n) is 12.6. The first kappa shape index (κ1) is 15.4. The molecule has 118 valence electrons. The van der Waals surface area contributed by atoms with Crippen LogP contribution in [0.5, 0.6) is 5.75 Å². The summed E-state index contributed by atoms with van der Waals surface area (Å²) in [5.41, 5.74) is 0.802. The average Bonchev–Trinajstić information content (AvgIpc) is 2.98. The van der Waals surface area contributed by atoms with Crippen molar-refractivity contribution in [2.75, 3.05) is 6.61 Å². The SMILES string of the molecule is C[C@H](NC(=O)COc1ccccc1Cl)c1cc2ccccc2o1. The van der Waals surface area contributed by atoms with E-state index in [0.29, 0.717) is 16.5 Å². The number of carbonyl (C=O) groups excluding carboxylic acids is 1. The van der Waals surface area contributed by atoms with E-state index >= 15 is 0 Å². The Hall–Kier alpha value is -2.46. The van der Waals surface area contributed by atoms with Crippen molar-refractivity contribution < 1.29 is 13.9 Å². The number of rotatable bonds is 5. The van der Waals surface area contributed by atoms with Gasteiger partial charge >= 0.3 is 0 Å². The Morgan fingerprint density at radius 2 is 1.96 bits per heavy atom. The third-order valence-electron chi connectivity index (χ3n) is 3.44. The van der Waals surface area contributed by atoms with E-state index in [9.17, 15) is 4.79 Å². The van der Waals surface area contributed by atoms with Crippen molar-refractivity contribution in [1.82, 2.24) is 5.32 Å². The fourth-order valence-electron chi connectivity index (χ4n) is 2.28. The van der Waals surface area contributed by atoms with Gasteiger partial charge in [0.1, 0.15) is 17.1 Å². The maximum absolute atomic E-state index is 12.0. The van der Waals surface area contributed by atoms with Crippen molar-refractivity contribution in [3.8, 4) is 5.75 Å². The fraction of sp³-hybridized carbons (Fsp3) is 0.167. The van der Waals surface area contributed by atoms with Crippen LogP contribution in [-0.2, 0) is 4.79 Å². The minimum absolute atomic E-state index is 0.103. The average molecular weight is 330 g/mol. The molecule has 0 saturated heterocycles. The van der Waals surface area contributed by atoms with Crippen molar-refractivity contribution >= 4 is 28.5 Å².